The molecular weight excluding hydrogens is 302 g/mol. The van der Waals surface area contributed by atoms with Gasteiger partial charge in [-0.3, -0.25) is 9.59 Å². The number of rotatable bonds is 6. The number of nitrogens with one attached hydrogen (secondary N) is 2. The number of nitrogens with zero attached hydrogens (tertiary/aromatic N) is 1. The number of likely N-dealkylation sites (tertiary alicyclic amines) is 1. The Bertz CT molecular complexity index is 592. The molecule has 0 radical (unpaired) electrons. The molecule has 1 atom stereocenters. The fourth-order valence-electron chi connectivity index (χ4n) is 2.78. The molecule has 0 spiro atoms. The Kier molecular flexibility index (Phi) is 6.23. The van der Waals surface area contributed by atoms with Gasteiger partial charge in [0.15, 0.2) is 0 Å². The van der Waals surface area contributed by atoms with E-state index in [9.17, 15) is 9.59 Å². The number of hydrogen-bond donors (Lipinski definition) is 2. The highest BCUT2D eigenvalue weighted by atomic mass is 16.2. The SMILES string of the molecule is Cc1c(NC(C)C(C)C)cccc1C(=O)NCC(=O)N1CCCC1. The predicted octanol–water partition coefficient (Wildman–Crippen LogP) is 2.80. The third-order valence-electron chi connectivity index (χ3n) is 4.82. The van der Waals surface area contributed by atoms with Gasteiger partial charge in [0.2, 0.25) is 5.91 Å². The van der Waals surface area contributed by atoms with Crippen LogP contribution in [0.25, 0.3) is 0 Å². The van der Waals surface area contributed by atoms with Crippen molar-refractivity contribution in [1.82, 2.24) is 10.2 Å². The van der Waals surface area contributed by atoms with Crippen molar-refractivity contribution in [2.45, 2.75) is 46.6 Å². The Morgan fingerprint density at radius 1 is 1.17 bits per heavy atom. The Labute approximate surface area is 144 Å². The van der Waals surface area contributed by atoms with Crippen LogP contribution in [0.4, 0.5) is 5.69 Å². The second kappa shape index (κ2) is 8.18. The molecule has 1 aliphatic heterocycles. The first-order valence-corrected chi connectivity index (χ1v) is 8.82. The van der Waals surface area contributed by atoms with E-state index in [2.05, 4.69) is 31.4 Å². The van der Waals surface area contributed by atoms with Gasteiger partial charge in [-0.15, -0.1) is 0 Å². The monoisotopic (exact) mass is 331 g/mol. The van der Waals surface area contributed by atoms with Gasteiger partial charge in [-0.1, -0.05) is 19.9 Å². The van der Waals surface area contributed by atoms with E-state index in [4.69, 9.17) is 0 Å². The summed E-state index contributed by atoms with van der Waals surface area (Å²) in [6, 6.07) is 5.98. The van der Waals surface area contributed by atoms with Crippen molar-refractivity contribution in [3.8, 4) is 0 Å². The number of amides is 2. The lowest BCUT2D eigenvalue weighted by atomic mass is 10.0. The Hall–Kier alpha value is -2.04. The molecule has 1 unspecified atom stereocenters. The molecule has 5 nitrogen and oxygen atoms in total. The summed E-state index contributed by atoms with van der Waals surface area (Å²) in [7, 11) is 0. The van der Waals surface area contributed by atoms with Crippen molar-refractivity contribution in [3.63, 3.8) is 0 Å². The lowest BCUT2D eigenvalue weighted by Gasteiger charge is -2.21. The first kappa shape index (κ1) is 18.3. The average molecular weight is 331 g/mol. The molecule has 1 saturated heterocycles. The van der Waals surface area contributed by atoms with Crippen molar-refractivity contribution in [3.05, 3.63) is 29.3 Å². The number of carbonyl (C=O) groups excluding carboxylic acids is 2. The van der Waals surface area contributed by atoms with Crippen LogP contribution in [-0.4, -0.2) is 42.4 Å². The fourth-order valence-corrected chi connectivity index (χ4v) is 2.78. The van der Waals surface area contributed by atoms with Crippen LogP contribution < -0.4 is 10.6 Å². The second-order valence-corrected chi connectivity index (χ2v) is 6.93. The average Bonchev–Trinajstić information content (AvgIpc) is 3.08. The number of anilines is 1. The molecule has 0 bridgehead atoms. The topological polar surface area (TPSA) is 61.4 Å². The Morgan fingerprint density at radius 2 is 1.83 bits per heavy atom. The standard InChI is InChI=1S/C19H29N3O2/c1-13(2)15(4)21-17-9-7-8-16(14(17)3)19(24)20-12-18(23)22-10-5-6-11-22/h7-9,13,15,21H,5-6,10-12H2,1-4H3,(H,20,24). The molecule has 24 heavy (non-hydrogen) atoms. The summed E-state index contributed by atoms with van der Waals surface area (Å²) in [6.45, 7) is 10.1. The number of hydrogen-bond acceptors (Lipinski definition) is 3. The van der Waals surface area contributed by atoms with Gasteiger partial charge in [0, 0.05) is 30.4 Å². The van der Waals surface area contributed by atoms with Crippen LogP contribution in [0.2, 0.25) is 0 Å². The van der Waals surface area contributed by atoms with Gasteiger partial charge in [0.25, 0.3) is 5.91 Å². The van der Waals surface area contributed by atoms with Gasteiger partial charge < -0.3 is 15.5 Å². The molecule has 2 rings (SSSR count). The van der Waals surface area contributed by atoms with E-state index >= 15 is 0 Å². The largest absolute Gasteiger partial charge is 0.382 e. The third kappa shape index (κ3) is 4.49. The molecule has 1 heterocycles. The maximum absolute atomic E-state index is 12.4. The summed E-state index contributed by atoms with van der Waals surface area (Å²) in [5, 5.41) is 6.22. The van der Waals surface area contributed by atoms with Crippen molar-refractivity contribution >= 4 is 17.5 Å². The van der Waals surface area contributed by atoms with Crippen molar-refractivity contribution in [2.75, 3.05) is 25.0 Å². The zero-order valence-electron chi connectivity index (χ0n) is 15.2. The quantitative estimate of drug-likeness (QED) is 0.842. The normalized spacial score (nSPS) is 15.5. The molecule has 132 valence electrons. The molecule has 1 fully saturated rings. The molecule has 0 aromatic heterocycles. The smallest absolute Gasteiger partial charge is 0.252 e. The zero-order chi connectivity index (χ0) is 17.7. The van der Waals surface area contributed by atoms with E-state index in [1.165, 1.54) is 0 Å². The lowest BCUT2D eigenvalue weighted by Crippen LogP contribution is -2.38. The molecule has 1 aromatic carbocycles. The minimum absolute atomic E-state index is 0.00112. The Morgan fingerprint density at radius 3 is 2.46 bits per heavy atom. The highest BCUT2D eigenvalue weighted by Crippen LogP contribution is 2.21. The third-order valence-corrected chi connectivity index (χ3v) is 4.82. The van der Waals surface area contributed by atoms with Crippen LogP contribution in [-0.2, 0) is 4.79 Å². The predicted molar refractivity (Wildman–Crippen MR) is 97.2 cm³/mol. The lowest BCUT2D eigenvalue weighted by molar-refractivity contribution is -0.129. The summed E-state index contributed by atoms with van der Waals surface area (Å²) in [5.74, 6) is 0.307. The molecule has 1 aromatic rings. The van der Waals surface area contributed by atoms with E-state index in [1.807, 2.05) is 24.0 Å². The highest BCUT2D eigenvalue weighted by Gasteiger charge is 2.19. The van der Waals surface area contributed by atoms with Crippen LogP contribution in [0, 0.1) is 12.8 Å². The van der Waals surface area contributed by atoms with E-state index < -0.39 is 0 Å². The van der Waals surface area contributed by atoms with E-state index in [0.717, 1.165) is 37.2 Å². The first-order valence-electron chi connectivity index (χ1n) is 8.82. The van der Waals surface area contributed by atoms with Crippen LogP contribution >= 0.6 is 0 Å². The molecular formula is C19H29N3O2. The van der Waals surface area contributed by atoms with E-state index in [-0.39, 0.29) is 18.4 Å². The molecule has 5 heteroatoms. The summed E-state index contributed by atoms with van der Waals surface area (Å²) < 4.78 is 0. The van der Waals surface area contributed by atoms with Gasteiger partial charge in [-0.2, -0.15) is 0 Å². The Balaban J connectivity index is 1.99. The van der Waals surface area contributed by atoms with E-state index in [0.29, 0.717) is 17.5 Å². The van der Waals surface area contributed by atoms with Crippen molar-refractivity contribution in [1.29, 1.82) is 0 Å². The maximum atomic E-state index is 12.4. The second-order valence-electron chi connectivity index (χ2n) is 6.93. The van der Waals surface area contributed by atoms with Gasteiger partial charge in [0.1, 0.15) is 0 Å². The molecule has 2 amide bonds. The number of benzene rings is 1. The van der Waals surface area contributed by atoms with Crippen LogP contribution in [0.5, 0.6) is 0 Å². The summed E-state index contributed by atoms with van der Waals surface area (Å²) in [6.07, 6.45) is 2.11. The summed E-state index contributed by atoms with van der Waals surface area (Å²) in [5.41, 5.74) is 2.50. The van der Waals surface area contributed by atoms with E-state index in [1.54, 1.807) is 6.07 Å². The molecule has 0 aliphatic carbocycles. The molecule has 2 N–H and O–H groups in total. The fraction of sp³-hybridized carbons (Fsp3) is 0.579. The van der Waals surface area contributed by atoms with Gasteiger partial charge in [-0.25, -0.2) is 0 Å². The molecule has 0 saturated carbocycles. The minimum atomic E-state index is -0.194. The minimum Gasteiger partial charge on any atom is -0.382 e. The van der Waals surface area contributed by atoms with Gasteiger partial charge >= 0.3 is 0 Å². The van der Waals surface area contributed by atoms with Crippen LogP contribution in [0.3, 0.4) is 0 Å². The highest BCUT2D eigenvalue weighted by molar-refractivity contribution is 5.98. The van der Waals surface area contributed by atoms with Crippen molar-refractivity contribution < 1.29 is 9.59 Å². The number of carbonyl (C=O) groups is 2. The first-order chi connectivity index (χ1) is 11.4. The van der Waals surface area contributed by atoms with Crippen molar-refractivity contribution in [2.24, 2.45) is 5.92 Å². The molecule has 1 aliphatic rings. The summed E-state index contributed by atoms with van der Waals surface area (Å²) >= 11 is 0. The van der Waals surface area contributed by atoms with Gasteiger partial charge in [-0.05, 0) is 50.3 Å². The van der Waals surface area contributed by atoms with Crippen LogP contribution in [0.15, 0.2) is 18.2 Å². The maximum Gasteiger partial charge on any atom is 0.252 e. The zero-order valence-corrected chi connectivity index (χ0v) is 15.2. The van der Waals surface area contributed by atoms with Gasteiger partial charge in [0.05, 0.1) is 6.54 Å². The summed E-state index contributed by atoms with van der Waals surface area (Å²) in [4.78, 5) is 26.3. The van der Waals surface area contributed by atoms with Crippen LogP contribution in [0.1, 0.15) is 49.5 Å².